The quantitative estimate of drug-likeness (QED) is 0.213. The number of benzene rings is 1. The maximum atomic E-state index is 6.01. The van der Waals surface area contributed by atoms with Crippen LogP contribution >= 0.6 is 24.0 Å². The molecule has 31 heavy (non-hydrogen) atoms. The minimum absolute atomic E-state index is 0. The molecule has 176 valence electrons. The molecule has 2 fully saturated rings. The van der Waals surface area contributed by atoms with Crippen LogP contribution in [0.25, 0.3) is 0 Å². The summed E-state index contributed by atoms with van der Waals surface area (Å²) < 4.78 is 16.8. The van der Waals surface area contributed by atoms with Crippen LogP contribution < -0.4 is 25.0 Å². The molecule has 1 aliphatic carbocycles. The van der Waals surface area contributed by atoms with Crippen molar-refractivity contribution in [1.29, 1.82) is 0 Å². The lowest BCUT2D eigenvalue weighted by Crippen LogP contribution is -2.45. The Hall–Kier alpha value is -1.42. The molecular formula is C23H39IN4O3. The fourth-order valence-electron chi connectivity index (χ4n) is 4.24. The van der Waals surface area contributed by atoms with Gasteiger partial charge in [-0.15, -0.1) is 24.0 Å². The van der Waals surface area contributed by atoms with Gasteiger partial charge in [-0.05, 0) is 25.7 Å². The normalized spacial score (nSPS) is 19.6. The second kappa shape index (κ2) is 13.9. The SMILES string of the molecule is CN=C(NCCCOC1CCCCC1)NC1CCN(c2cc(OC)cc(OC)c2)C1.I. The molecule has 1 unspecified atom stereocenters. The van der Waals surface area contributed by atoms with Crippen LogP contribution in [0, 0.1) is 0 Å². The second-order valence-corrected chi connectivity index (χ2v) is 8.13. The van der Waals surface area contributed by atoms with E-state index in [-0.39, 0.29) is 24.0 Å². The summed E-state index contributed by atoms with van der Waals surface area (Å²) in [5.74, 6) is 2.49. The first-order chi connectivity index (χ1) is 14.7. The summed E-state index contributed by atoms with van der Waals surface area (Å²) in [5, 5.41) is 6.98. The van der Waals surface area contributed by atoms with Crippen LogP contribution in [0.1, 0.15) is 44.9 Å². The number of halogens is 1. The van der Waals surface area contributed by atoms with E-state index in [2.05, 4.69) is 32.7 Å². The Morgan fingerprint density at radius 1 is 1.06 bits per heavy atom. The third-order valence-electron chi connectivity index (χ3n) is 5.97. The van der Waals surface area contributed by atoms with Gasteiger partial charge in [-0.2, -0.15) is 0 Å². The average Bonchev–Trinajstić information content (AvgIpc) is 3.27. The van der Waals surface area contributed by atoms with Crippen molar-refractivity contribution >= 4 is 35.6 Å². The van der Waals surface area contributed by atoms with Gasteiger partial charge in [-0.1, -0.05) is 19.3 Å². The molecule has 7 nitrogen and oxygen atoms in total. The van der Waals surface area contributed by atoms with Crippen LogP contribution in [0.3, 0.4) is 0 Å². The summed E-state index contributed by atoms with van der Waals surface area (Å²) in [6, 6.07) is 6.38. The van der Waals surface area contributed by atoms with Crippen molar-refractivity contribution in [2.45, 2.75) is 57.1 Å². The molecule has 1 atom stereocenters. The Morgan fingerprint density at radius 2 is 1.77 bits per heavy atom. The maximum absolute atomic E-state index is 6.01. The Labute approximate surface area is 204 Å². The van der Waals surface area contributed by atoms with Gasteiger partial charge < -0.3 is 29.7 Å². The van der Waals surface area contributed by atoms with E-state index in [4.69, 9.17) is 14.2 Å². The van der Waals surface area contributed by atoms with Crippen molar-refractivity contribution in [2.24, 2.45) is 4.99 Å². The number of aliphatic imine (C=N–C) groups is 1. The van der Waals surface area contributed by atoms with Crippen molar-refractivity contribution in [3.05, 3.63) is 18.2 Å². The Bertz CT molecular complexity index is 661. The number of nitrogens with zero attached hydrogens (tertiary/aromatic N) is 2. The molecule has 1 aliphatic heterocycles. The fourth-order valence-corrected chi connectivity index (χ4v) is 4.24. The lowest BCUT2D eigenvalue weighted by molar-refractivity contribution is 0.0277. The zero-order valence-corrected chi connectivity index (χ0v) is 21.5. The van der Waals surface area contributed by atoms with E-state index in [9.17, 15) is 0 Å². The number of ether oxygens (including phenoxy) is 3. The number of guanidine groups is 1. The van der Waals surface area contributed by atoms with Crippen LogP contribution in [-0.4, -0.2) is 65.6 Å². The molecule has 3 rings (SSSR count). The fraction of sp³-hybridized carbons (Fsp3) is 0.696. The first-order valence-corrected chi connectivity index (χ1v) is 11.3. The molecule has 8 heteroatoms. The van der Waals surface area contributed by atoms with Crippen LogP contribution in [0.5, 0.6) is 11.5 Å². The molecule has 0 spiro atoms. The van der Waals surface area contributed by atoms with Crippen molar-refractivity contribution in [3.8, 4) is 11.5 Å². The molecular weight excluding hydrogens is 507 g/mol. The predicted octanol–water partition coefficient (Wildman–Crippen LogP) is 3.80. The van der Waals surface area contributed by atoms with Gasteiger partial charge in [0, 0.05) is 63.2 Å². The Morgan fingerprint density at radius 3 is 2.42 bits per heavy atom. The lowest BCUT2D eigenvalue weighted by Gasteiger charge is -2.22. The highest BCUT2D eigenvalue weighted by molar-refractivity contribution is 14.0. The zero-order chi connectivity index (χ0) is 21.2. The summed E-state index contributed by atoms with van der Waals surface area (Å²) in [5.41, 5.74) is 1.12. The molecule has 0 aromatic heterocycles. The summed E-state index contributed by atoms with van der Waals surface area (Å²) in [6.45, 7) is 3.60. The van der Waals surface area contributed by atoms with E-state index in [0.717, 1.165) is 62.2 Å². The van der Waals surface area contributed by atoms with E-state index < -0.39 is 0 Å². The molecule has 0 bridgehead atoms. The van der Waals surface area contributed by atoms with Crippen molar-refractivity contribution in [1.82, 2.24) is 10.6 Å². The van der Waals surface area contributed by atoms with E-state index >= 15 is 0 Å². The van der Waals surface area contributed by atoms with Crippen molar-refractivity contribution < 1.29 is 14.2 Å². The second-order valence-electron chi connectivity index (χ2n) is 8.13. The highest BCUT2D eigenvalue weighted by Crippen LogP contribution is 2.30. The van der Waals surface area contributed by atoms with Gasteiger partial charge in [0.1, 0.15) is 11.5 Å². The number of rotatable bonds is 9. The summed E-state index contributed by atoms with van der Waals surface area (Å²) in [4.78, 5) is 6.74. The molecule has 0 amide bonds. The van der Waals surface area contributed by atoms with Gasteiger partial charge in [0.05, 0.1) is 20.3 Å². The highest BCUT2D eigenvalue weighted by atomic mass is 127. The summed E-state index contributed by atoms with van der Waals surface area (Å²) in [6.07, 6.45) is 9.01. The Kier molecular flexibility index (Phi) is 11.6. The van der Waals surface area contributed by atoms with E-state index in [1.54, 1.807) is 14.2 Å². The topological polar surface area (TPSA) is 67.4 Å². The molecule has 0 radical (unpaired) electrons. The molecule has 1 aromatic carbocycles. The molecule has 2 N–H and O–H groups in total. The molecule has 1 saturated carbocycles. The number of hydrogen-bond donors (Lipinski definition) is 2. The smallest absolute Gasteiger partial charge is 0.191 e. The largest absolute Gasteiger partial charge is 0.497 e. The van der Waals surface area contributed by atoms with Gasteiger partial charge in [0.15, 0.2) is 5.96 Å². The van der Waals surface area contributed by atoms with Gasteiger partial charge in [0.25, 0.3) is 0 Å². The standard InChI is InChI=1S/C23H38N4O3.HI/c1-24-23(25-11-7-13-30-20-8-5-4-6-9-20)26-18-10-12-27(17-18)19-14-21(28-2)16-22(15-19)29-3;/h14-16,18,20H,4-13,17H2,1-3H3,(H2,24,25,26);1H. The molecule has 1 heterocycles. The summed E-state index contributed by atoms with van der Waals surface area (Å²) >= 11 is 0. The third-order valence-corrected chi connectivity index (χ3v) is 5.97. The first-order valence-electron chi connectivity index (χ1n) is 11.3. The first kappa shape index (κ1) is 25.8. The number of hydrogen-bond acceptors (Lipinski definition) is 5. The minimum atomic E-state index is 0. The van der Waals surface area contributed by atoms with Crippen molar-refractivity contribution in [2.75, 3.05) is 52.4 Å². The number of nitrogens with one attached hydrogen (secondary N) is 2. The van der Waals surface area contributed by atoms with E-state index in [0.29, 0.717) is 12.1 Å². The monoisotopic (exact) mass is 546 g/mol. The third kappa shape index (κ3) is 8.21. The van der Waals surface area contributed by atoms with Gasteiger partial charge >= 0.3 is 0 Å². The maximum Gasteiger partial charge on any atom is 0.191 e. The van der Waals surface area contributed by atoms with Gasteiger partial charge in [-0.25, -0.2) is 0 Å². The molecule has 1 aromatic rings. The highest BCUT2D eigenvalue weighted by Gasteiger charge is 2.24. The van der Waals surface area contributed by atoms with Crippen molar-refractivity contribution in [3.63, 3.8) is 0 Å². The predicted molar refractivity (Wildman–Crippen MR) is 138 cm³/mol. The summed E-state index contributed by atoms with van der Waals surface area (Å²) in [7, 11) is 5.19. The Balaban J connectivity index is 0.00000341. The number of anilines is 1. The van der Waals surface area contributed by atoms with Gasteiger partial charge in [0.2, 0.25) is 0 Å². The average molecular weight is 546 g/mol. The zero-order valence-electron chi connectivity index (χ0n) is 19.2. The van der Waals surface area contributed by atoms with Crippen LogP contribution in [0.4, 0.5) is 5.69 Å². The van der Waals surface area contributed by atoms with Crippen LogP contribution in [0.2, 0.25) is 0 Å². The van der Waals surface area contributed by atoms with E-state index in [1.165, 1.54) is 32.1 Å². The van der Waals surface area contributed by atoms with Crippen LogP contribution in [-0.2, 0) is 4.74 Å². The lowest BCUT2D eigenvalue weighted by atomic mass is 9.98. The molecule has 2 aliphatic rings. The molecule has 1 saturated heterocycles. The number of methoxy groups -OCH3 is 2. The van der Waals surface area contributed by atoms with E-state index in [1.807, 2.05) is 13.1 Å². The van der Waals surface area contributed by atoms with Crippen LogP contribution in [0.15, 0.2) is 23.2 Å². The van der Waals surface area contributed by atoms with Gasteiger partial charge in [-0.3, -0.25) is 4.99 Å². The minimum Gasteiger partial charge on any atom is -0.497 e.